The molecule has 32 heavy (non-hydrogen) atoms. The van der Waals surface area contributed by atoms with Crippen LogP contribution in [0, 0.1) is 0 Å². The second-order valence-electron chi connectivity index (χ2n) is 8.36. The number of nitrogens with zero attached hydrogens (tertiary/aromatic N) is 4. The van der Waals surface area contributed by atoms with Gasteiger partial charge in [-0.1, -0.05) is 24.3 Å². The van der Waals surface area contributed by atoms with Crippen LogP contribution < -0.4 is 5.32 Å². The highest BCUT2D eigenvalue weighted by Gasteiger charge is 2.48. The summed E-state index contributed by atoms with van der Waals surface area (Å²) in [4.78, 5) is 24.6. The third-order valence-corrected chi connectivity index (χ3v) is 6.32. The lowest BCUT2D eigenvalue weighted by molar-refractivity contribution is -0.139. The molecule has 1 aliphatic carbocycles. The lowest BCUT2D eigenvalue weighted by Gasteiger charge is -2.26. The van der Waals surface area contributed by atoms with Crippen LogP contribution in [-0.2, 0) is 16.0 Å². The number of benzene rings is 1. The van der Waals surface area contributed by atoms with Gasteiger partial charge in [-0.3, -0.25) is 9.36 Å². The summed E-state index contributed by atoms with van der Waals surface area (Å²) in [7, 11) is 0. The minimum absolute atomic E-state index is 0.0911. The zero-order chi connectivity index (χ0) is 22.4. The number of aromatic nitrogens is 4. The molecule has 3 aromatic rings. The number of fused-ring (bicyclic) bond motifs is 2. The van der Waals surface area contributed by atoms with Crippen LogP contribution in [0.3, 0.4) is 0 Å². The third kappa shape index (κ3) is 3.45. The standard InChI is InChI=1S/C22H25N5O5/c1-11(28)16(29)19-17(30)18(31)22(32-19)27-10-25-15-20(23-9-24-21(15)27)26-14-8-4-6-12-5-2-3-7-13(12)14/h2-3,5,7,9-10,14,16-19,22,29-31H,4,6,8H2,1H3,(H,23,24,26)/t14?,16?,17-,18+,19+,22+/m0/s1. The number of carbonyl (C=O) groups excluding carboxylic acids is 1. The van der Waals surface area contributed by atoms with E-state index in [0.717, 1.165) is 19.3 Å². The summed E-state index contributed by atoms with van der Waals surface area (Å²) < 4.78 is 7.15. The summed E-state index contributed by atoms with van der Waals surface area (Å²) in [5, 5.41) is 34.4. The average Bonchev–Trinajstić information content (AvgIpc) is 3.35. The Hall–Kier alpha value is -2.92. The Morgan fingerprint density at radius 3 is 2.84 bits per heavy atom. The fraction of sp³-hybridized carbons (Fsp3) is 0.455. The van der Waals surface area contributed by atoms with Gasteiger partial charge in [0.1, 0.15) is 30.7 Å². The fourth-order valence-corrected chi connectivity index (χ4v) is 4.62. The Morgan fingerprint density at radius 1 is 1.22 bits per heavy atom. The number of rotatable bonds is 5. The Kier molecular flexibility index (Phi) is 5.38. The quantitative estimate of drug-likeness (QED) is 0.456. The molecule has 0 amide bonds. The van der Waals surface area contributed by atoms with Gasteiger partial charge in [-0.2, -0.15) is 0 Å². The van der Waals surface area contributed by atoms with Crippen molar-refractivity contribution in [2.24, 2.45) is 0 Å². The molecule has 5 rings (SSSR count). The van der Waals surface area contributed by atoms with Crippen LogP contribution in [0.4, 0.5) is 5.82 Å². The Balaban J connectivity index is 1.45. The van der Waals surface area contributed by atoms with Crippen molar-refractivity contribution in [1.29, 1.82) is 0 Å². The number of aryl methyl sites for hydroxylation is 1. The molecule has 1 fully saturated rings. The molecule has 1 aliphatic heterocycles. The van der Waals surface area contributed by atoms with Crippen molar-refractivity contribution >= 4 is 22.8 Å². The van der Waals surface area contributed by atoms with E-state index in [1.165, 1.54) is 35.3 Å². The lowest BCUT2D eigenvalue weighted by atomic mass is 9.88. The second kappa shape index (κ2) is 8.21. The first kappa shape index (κ1) is 21.0. The Labute approximate surface area is 183 Å². The third-order valence-electron chi connectivity index (χ3n) is 6.32. The highest BCUT2D eigenvalue weighted by atomic mass is 16.6. The first-order valence-electron chi connectivity index (χ1n) is 10.7. The van der Waals surface area contributed by atoms with Crippen molar-refractivity contribution in [3.8, 4) is 0 Å². The largest absolute Gasteiger partial charge is 0.387 e. The molecular formula is C22H25N5O5. The van der Waals surface area contributed by atoms with Gasteiger partial charge < -0.3 is 25.4 Å². The Bertz CT molecular complexity index is 1150. The highest BCUT2D eigenvalue weighted by molar-refractivity contribution is 5.83. The van der Waals surface area contributed by atoms with Crippen molar-refractivity contribution in [3.05, 3.63) is 48.0 Å². The van der Waals surface area contributed by atoms with E-state index in [2.05, 4.69) is 32.4 Å². The first-order chi connectivity index (χ1) is 15.5. The topological polar surface area (TPSA) is 143 Å². The maximum absolute atomic E-state index is 11.5. The van der Waals surface area contributed by atoms with Gasteiger partial charge in [0, 0.05) is 0 Å². The summed E-state index contributed by atoms with van der Waals surface area (Å²) in [5.74, 6) is 0.00257. The van der Waals surface area contributed by atoms with Crippen LogP contribution in [0.5, 0.6) is 0 Å². The summed E-state index contributed by atoms with van der Waals surface area (Å²) in [6, 6.07) is 8.42. The molecule has 1 saturated heterocycles. The maximum atomic E-state index is 11.5. The van der Waals surface area contributed by atoms with Crippen LogP contribution >= 0.6 is 0 Å². The van der Waals surface area contributed by atoms with E-state index in [9.17, 15) is 20.1 Å². The number of aliphatic hydroxyl groups excluding tert-OH is 3. The van der Waals surface area contributed by atoms with E-state index >= 15 is 0 Å². The van der Waals surface area contributed by atoms with E-state index in [4.69, 9.17) is 4.74 Å². The fourth-order valence-electron chi connectivity index (χ4n) is 4.62. The van der Waals surface area contributed by atoms with Crippen LogP contribution in [0.1, 0.15) is 43.2 Å². The zero-order valence-electron chi connectivity index (χ0n) is 17.5. The van der Waals surface area contributed by atoms with Gasteiger partial charge >= 0.3 is 0 Å². The lowest BCUT2D eigenvalue weighted by Crippen LogP contribution is -2.42. The van der Waals surface area contributed by atoms with Crippen LogP contribution in [-0.4, -0.2) is 65.0 Å². The molecule has 10 heteroatoms. The molecule has 2 aliphatic rings. The summed E-state index contributed by atoms with van der Waals surface area (Å²) >= 11 is 0. The van der Waals surface area contributed by atoms with Crippen molar-refractivity contribution in [2.75, 3.05) is 5.32 Å². The minimum Gasteiger partial charge on any atom is -0.387 e. The molecule has 1 aromatic carbocycles. The number of imidazole rings is 1. The predicted molar refractivity (Wildman–Crippen MR) is 114 cm³/mol. The van der Waals surface area contributed by atoms with Gasteiger partial charge in [-0.05, 0) is 37.3 Å². The molecule has 2 aromatic heterocycles. The van der Waals surface area contributed by atoms with Crippen molar-refractivity contribution in [3.63, 3.8) is 0 Å². The number of hydrogen-bond donors (Lipinski definition) is 4. The highest BCUT2D eigenvalue weighted by Crippen LogP contribution is 2.36. The van der Waals surface area contributed by atoms with E-state index < -0.39 is 36.4 Å². The summed E-state index contributed by atoms with van der Waals surface area (Å²) in [6.07, 6.45) is -0.735. The number of Topliss-reactive ketones (excluding diaryl/α,β-unsaturated/α-hetero) is 1. The molecule has 0 bridgehead atoms. The SMILES string of the molecule is CC(=O)C(O)[C@H]1O[C@@H](n2cnc3c(NC4CCCc5ccccc54)ncnc32)[C@H](O)[C@@H]1O. The predicted octanol–water partition coefficient (Wildman–Crippen LogP) is 0.885. The maximum Gasteiger partial charge on any atom is 0.167 e. The molecule has 2 unspecified atom stereocenters. The molecule has 0 saturated carbocycles. The van der Waals surface area contributed by atoms with Gasteiger partial charge in [-0.15, -0.1) is 0 Å². The smallest absolute Gasteiger partial charge is 0.167 e. The molecule has 0 spiro atoms. The molecule has 6 atom stereocenters. The Morgan fingerprint density at radius 2 is 2.03 bits per heavy atom. The first-order valence-corrected chi connectivity index (χ1v) is 10.7. The number of nitrogens with one attached hydrogen (secondary N) is 1. The molecule has 0 radical (unpaired) electrons. The van der Waals surface area contributed by atoms with Gasteiger partial charge in [0.05, 0.1) is 12.4 Å². The number of ketones is 1. The zero-order valence-corrected chi connectivity index (χ0v) is 17.5. The van der Waals surface area contributed by atoms with Crippen molar-refractivity contribution < 1.29 is 24.9 Å². The monoisotopic (exact) mass is 439 g/mol. The average molecular weight is 439 g/mol. The number of hydrogen-bond acceptors (Lipinski definition) is 9. The van der Waals surface area contributed by atoms with E-state index in [-0.39, 0.29) is 6.04 Å². The van der Waals surface area contributed by atoms with Crippen molar-refractivity contribution in [1.82, 2.24) is 19.5 Å². The molecule has 168 valence electrons. The van der Waals surface area contributed by atoms with Crippen LogP contribution in [0.15, 0.2) is 36.9 Å². The van der Waals surface area contributed by atoms with Crippen LogP contribution in [0.25, 0.3) is 11.2 Å². The minimum atomic E-state index is -1.54. The number of ether oxygens (including phenoxy) is 1. The van der Waals surface area contributed by atoms with Gasteiger partial charge in [0.15, 0.2) is 29.0 Å². The molecule has 10 nitrogen and oxygen atoms in total. The van der Waals surface area contributed by atoms with Gasteiger partial charge in [0.25, 0.3) is 0 Å². The van der Waals surface area contributed by atoms with E-state index in [1.54, 1.807) is 0 Å². The summed E-state index contributed by atoms with van der Waals surface area (Å²) in [6.45, 7) is 1.20. The van der Waals surface area contributed by atoms with E-state index in [1.807, 2.05) is 12.1 Å². The molecular weight excluding hydrogens is 414 g/mol. The number of aliphatic hydroxyl groups is 3. The number of anilines is 1. The van der Waals surface area contributed by atoms with Gasteiger partial charge in [0.2, 0.25) is 0 Å². The number of carbonyl (C=O) groups is 1. The van der Waals surface area contributed by atoms with E-state index in [0.29, 0.717) is 17.0 Å². The van der Waals surface area contributed by atoms with Crippen LogP contribution in [0.2, 0.25) is 0 Å². The summed E-state index contributed by atoms with van der Waals surface area (Å²) in [5.41, 5.74) is 3.46. The normalized spacial score (nSPS) is 28.4. The van der Waals surface area contributed by atoms with Crippen molar-refractivity contribution in [2.45, 2.75) is 62.9 Å². The molecule has 3 heterocycles. The molecule has 4 N–H and O–H groups in total. The second-order valence-corrected chi connectivity index (χ2v) is 8.36. The van der Waals surface area contributed by atoms with Gasteiger partial charge in [-0.25, -0.2) is 15.0 Å².